The normalized spacial score (nSPS) is 11.1. The number of H-pyrrole nitrogens is 1. The minimum absolute atomic E-state index is 0.113. The fraction of sp³-hybridized carbons (Fsp3) is 0.217. The summed E-state index contributed by atoms with van der Waals surface area (Å²) < 4.78 is 0. The number of fused-ring (bicyclic) bond motifs is 1. The predicted molar refractivity (Wildman–Crippen MR) is 125 cm³/mol. The van der Waals surface area contributed by atoms with E-state index >= 15 is 0 Å². The molecule has 0 aliphatic heterocycles. The van der Waals surface area contributed by atoms with Crippen molar-refractivity contribution < 1.29 is 4.79 Å². The third-order valence-electron chi connectivity index (χ3n) is 4.84. The lowest BCUT2D eigenvalue weighted by atomic mass is 10.1. The first-order valence-electron chi connectivity index (χ1n) is 9.95. The highest BCUT2D eigenvalue weighted by Gasteiger charge is 2.18. The van der Waals surface area contributed by atoms with Gasteiger partial charge in [-0.15, -0.1) is 11.3 Å². The van der Waals surface area contributed by atoms with E-state index < -0.39 is 0 Å². The SMILES string of the molecule is CCCN(Cc1nc2cc(Cl)ccc2c(=O)[nH]1)C(=O)c1ccc(-c2nc(C)cs2)cc1. The first-order valence-corrected chi connectivity index (χ1v) is 11.2. The molecule has 2 aromatic heterocycles. The molecular weight excluding hydrogens is 432 g/mol. The van der Waals surface area contributed by atoms with Crippen molar-refractivity contribution in [1.29, 1.82) is 0 Å². The van der Waals surface area contributed by atoms with Crippen LogP contribution < -0.4 is 5.56 Å². The van der Waals surface area contributed by atoms with Gasteiger partial charge in [0.2, 0.25) is 0 Å². The van der Waals surface area contributed by atoms with Crippen molar-refractivity contribution in [3.63, 3.8) is 0 Å². The Morgan fingerprint density at radius 2 is 1.94 bits per heavy atom. The minimum atomic E-state index is -0.247. The monoisotopic (exact) mass is 452 g/mol. The Hall–Kier alpha value is -3.03. The molecule has 0 aliphatic carbocycles. The molecule has 0 bridgehead atoms. The van der Waals surface area contributed by atoms with E-state index in [1.807, 2.05) is 43.5 Å². The van der Waals surface area contributed by atoms with Gasteiger partial charge in [-0.05, 0) is 43.7 Å². The molecule has 4 aromatic rings. The highest BCUT2D eigenvalue weighted by molar-refractivity contribution is 7.13. The Morgan fingerprint density at radius 1 is 1.16 bits per heavy atom. The van der Waals surface area contributed by atoms with Gasteiger partial charge in [0.15, 0.2) is 0 Å². The molecule has 31 heavy (non-hydrogen) atoms. The molecule has 4 rings (SSSR count). The smallest absolute Gasteiger partial charge is 0.258 e. The molecule has 0 unspecified atom stereocenters. The molecule has 158 valence electrons. The highest BCUT2D eigenvalue weighted by atomic mass is 35.5. The number of hydrogen-bond acceptors (Lipinski definition) is 5. The maximum absolute atomic E-state index is 13.2. The number of amides is 1. The number of carbonyl (C=O) groups excluding carboxylic acids is 1. The summed E-state index contributed by atoms with van der Waals surface area (Å²) in [6.07, 6.45) is 0.784. The van der Waals surface area contributed by atoms with E-state index in [1.54, 1.807) is 34.4 Å². The number of halogens is 1. The second-order valence-electron chi connectivity index (χ2n) is 7.27. The molecule has 0 fully saturated rings. The van der Waals surface area contributed by atoms with Gasteiger partial charge in [0.1, 0.15) is 10.8 Å². The van der Waals surface area contributed by atoms with Gasteiger partial charge in [0, 0.05) is 33.8 Å². The zero-order chi connectivity index (χ0) is 22.0. The zero-order valence-corrected chi connectivity index (χ0v) is 18.8. The maximum atomic E-state index is 13.2. The zero-order valence-electron chi connectivity index (χ0n) is 17.2. The lowest BCUT2D eigenvalue weighted by molar-refractivity contribution is 0.0739. The number of benzene rings is 2. The van der Waals surface area contributed by atoms with E-state index in [-0.39, 0.29) is 18.0 Å². The van der Waals surface area contributed by atoms with E-state index in [0.717, 1.165) is 22.7 Å². The summed E-state index contributed by atoms with van der Waals surface area (Å²) in [6.45, 7) is 4.71. The first-order chi connectivity index (χ1) is 14.9. The van der Waals surface area contributed by atoms with Crippen molar-refractivity contribution in [1.82, 2.24) is 19.9 Å². The number of nitrogens with one attached hydrogen (secondary N) is 1. The summed E-state index contributed by atoms with van der Waals surface area (Å²) in [7, 11) is 0. The van der Waals surface area contributed by atoms with Crippen LogP contribution in [0.4, 0.5) is 0 Å². The fourth-order valence-corrected chi connectivity index (χ4v) is 4.33. The molecule has 0 radical (unpaired) electrons. The van der Waals surface area contributed by atoms with E-state index in [2.05, 4.69) is 15.0 Å². The topological polar surface area (TPSA) is 79.0 Å². The third kappa shape index (κ3) is 4.68. The van der Waals surface area contributed by atoms with Crippen LogP contribution in [0, 0.1) is 6.92 Å². The molecule has 2 aromatic carbocycles. The number of aryl methyl sites for hydroxylation is 1. The van der Waals surface area contributed by atoms with Crippen LogP contribution in [-0.2, 0) is 6.54 Å². The fourth-order valence-electron chi connectivity index (χ4n) is 3.36. The largest absolute Gasteiger partial charge is 0.331 e. The molecule has 6 nitrogen and oxygen atoms in total. The Bertz CT molecular complexity index is 1300. The average molecular weight is 453 g/mol. The molecule has 1 amide bonds. The number of hydrogen-bond donors (Lipinski definition) is 1. The number of aromatic amines is 1. The van der Waals surface area contributed by atoms with Gasteiger partial charge in [0.05, 0.1) is 17.4 Å². The Balaban J connectivity index is 1.59. The molecule has 0 atom stereocenters. The lowest BCUT2D eigenvalue weighted by Crippen LogP contribution is -2.32. The van der Waals surface area contributed by atoms with Crippen molar-refractivity contribution >= 4 is 39.7 Å². The summed E-state index contributed by atoms with van der Waals surface area (Å²) in [4.78, 5) is 39.1. The lowest BCUT2D eigenvalue weighted by Gasteiger charge is -2.22. The molecule has 0 spiro atoms. The number of nitrogens with zero attached hydrogens (tertiary/aromatic N) is 3. The van der Waals surface area contributed by atoms with Crippen molar-refractivity contribution in [2.24, 2.45) is 0 Å². The molecule has 0 aliphatic rings. The second kappa shape index (κ2) is 8.99. The van der Waals surface area contributed by atoms with Gasteiger partial charge in [0.25, 0.3) is 11.5 Å². The number of thiazole rings is 1. The van der Waals surface area contributed by atoms with Crippen LogP contribution in [0.1, 0.15) is 35.2 Å². The summed E-state index contributed by atoms with van der Waals surface area (Å²) in [6, 6.07) is 12.4. The average Bonchev–Trinajstić information content (AvgIpc) is 3.19. The second-order valence-corrected chi connectivity index (χ2v) is 8.57. The number of aromatic nitrogens is 3. The van der Waals surface area contributed by atoms with Gasteiger partial charge in [-0.2, -0.15) is 0 Å². The van der Waals surface area contributed by atoms with Crippen LogP contribution in [0.25, 0.3) is 21.5 Å². The van der Waals surface area contributed by atoms with Gasteiger partial charge in [-0.25, -0.2) is 9.97 Å². The van der Waals surface area contributed by atoms with E-state index in [4.69, 9.17) is 11.6 Å². The van der Waals surface area contributed by atoms with Crippen molar-refractivity contribution in [2.75, 3.05) is 6.54 Å². The van der Waals surface area contributed by atoms with Crippen molar-refractivity contribution in [3.05, 3.63) is 80.3 Å². The minimum Gasteiger partial charge on any atom is -0.331 e. The van der Waals surface area contributed by atoms with Gasteiger partial charge < -0.3 is 9.88 Å². The van der Waals surface area contributed by atoms with Crippen LogP contribution in [-0.4, -0.2) is 32.3 Å². The van der Waals surface area contributed by atoms with E-state index in [0.29, 0.717) is 33.9 Å². The third-order valence-corrected chi connectivity index (χ3v) is 6.08. The predicted octanol–water partition coefficient (Wildman–Crippen LogP) is 5.06. The summed E-state index contributed by atoms with van der Waals surface area (Å²) >= 11 is 7.63. The summed E-state index contributed by atoms with van der Waals surface area (Å²) in [5.41, 5.74) is 2.81. The molecule has 2 heterocycles. The molecule has 1 N–H and O–H groups in total. The number of rotatable bonds is 6. The number of carbonyl (C=O) groups is 1. The van der Waals surface area contributed by atoms with Gasteiger partial charge >= 0.3 is 0 Å². The van der Waals surface area contributed by atoms with E-state index in [9.17, 15) is 9.59 Å². The van der Waals surface area contributed by atoms with Crippen molar-refractivity contribution in [2.45, 2.75) is 26.8 Å². The van der Waals surface area contributed by atoms with Crippen LogP contribution in [0.5, 0.6) is 0 Å². The van der Waals surface area contributed by atoms with E-state index in [1.165, 1.54) is 0 Å². The summed E-state index contributed by atoms with van der Waals surface area (Å²) in [5, 5.41) is 3.91. The maximum Gasteiger partial charge on any atom is 0.258 e. The quantitative estimate of drug-likeness (QED) is 0.443. The molecule has 0 saturated carbocycles. The van der Waals surface area contributed by atoms with Crippen LogP contribution >= 0.6 is 22.9 Å². The van der Waals surface area contributed by atoms with Crippen molar-refractivity contribution in [3.8, 4) is 10.6 Å². The van der Waals surface area contributed by atoms with Crippen LogP contribution in [0.2, 0.25) is 5.02 Å². The standard InChI is InChI=1S/C23H21ClN4O2S/c1-3-10-28(12-20-26-19-11-17(24)8-9-18(19)21(29)27-20)23(30)16-6-4-15(5-7-16)22-25-14(2)13-31-22/h4-9,11,13H,3,10,12H2,1-2H3,(H,26,27,29). The molecule has 8 heteroatoms. The Kier molecular flexibility index (Phi) is 6.15. The molecular formula is C23H21ClN4O2S. The van der Waals surface area contributed by atoms with Crippen LogP contribution in [0.3, 0.4) is 0 Å². The van der Waals surface area contributed by atoms with Crippen LogP contribution in [0.15, 0.2) is 52.6 Å². The Morgan fingerprint density at radius 3 is 2.61 bits per heavy atom. The molecule has 0 saturated heterocycles. The van der Waals surface area contributed by atoms with Gasteiger partial charge in [-0.1, -0.05) is 30.7 Å². The Labute approximate surface area is 188 Å². The first kappa shape index (κ1) is 21.2. The van der Waals surface area contributed by atoms with Gasteiger partial charge in [-0.3, -0.25) is 9.59 Å². The highest BCUT2D eigenvalue weighted by Crippen LogP contribution is 2.24. The summed E-state index contributed by atoms with van der Waals surface area (Å²) in [5.74, 6) is 0.314.